The van der Waals surface area contributed by atoms with Crippen LogP contribution >= 0.6 is 11.5 Å². The Morgan fingerprint density at radius 1 is 1.69 bits per heavy atom. The third kappa shape index (κ3) is 2.44. The summed E-state index contributed by atoms with van der Waals surface area (Å²) >= 11 is 1.21. The molecule has 1 aromatic heterocycles. The van der Waals surface area contributed by atoms with Crippen LogP contribution in [-0.4, -0.2) is 23.5 Å². The maximum Gasteiger partial charge on any atom is 0.344 e. The Balaban J connectivity index is 2.07. The van der Waals surface area contributed by atoms with E-state index in [4.69, 9.17) is 10.5 Å². The van der Waals surface area contributed by atoms with Crippen LogP contribution in [0.1, 0.15) is 30.1 Å². The van der Waals surface area contributed by atoms with Crippen molar-refractivity contribution in [3.8, 4) is 0 Å². The Hall–Kier alpha value is -1.30. The molecule has 0 atom stereocenters. The molecule has 1 saturated carbocycles. The van der Waals surface area contributed by atoms with Crippen molar-refractivity contribution in [2.75, 3.05) is 24.2 Å². The average molecular weight is 241 g/mol. The van der Waals surface area contributed by atoms with Crippen molar-refractivity contribution in [1.29, 1.82) is 0 Å². The summed E-state index contributed by atoms with van der Waals surface area (Å²) in [4.78, 5) is 11.6. The molecule has 1 fully saturated rings. The molecule has 0 spiro atoms. The number of ether oxygens (including phenoxy) is 1. The molecule has 0 aromatic carbocycles. The quantitative estimate of drug-likeness (QED) is 0.768. The summed E-state index contributed by atoms with van der Waals surface area (Å²) in [6, 6.07) is 0. The van der Waals surface area contributed by atoms with Crippen LogP contribution in [0.2, 0.25) is 0 Å². The summed E-state index contributed by atoms with van der Waals surface area (Å²) in [6.07, 6.45) is 2.52. The molecule has 88 valence electrons. The Kier molecular flexibility index (Phi) is 3.28. The molecule has 0 amide bonds. The van der Waals surface area contributed by atoms with Crippen molar-refractivity contribution in [2.24, 2.45) is 5.92 Å². The zero-order valence-corrected chi connectivity index (χ0v) is 9.97. The SMILES string of the molecule is CCOC(=O)c1c(N)nsc1NCC1CC1. The minimum atomic E-state index is -0.396. The number of nitrogens with one attached hydrogen (secondary N) is 1. The summed E-state index contributed by atoms with van der Waals surface area (Å²) in [6.45, 7) is 3.00. The van der Waals surface area contributed by atoms with Gasteiger partial charge in [-0.2, -0.15) is 4.37 Å². The smallest absolute Gasteiger partial charge is 0.344 e. The first kappa shape index (κ1) is 11.2. The van der Waals surface area contributed by atoms with Gasteiger partial charge in [0.25, 0.3) is 0 Å². The first-order chi connectivity index (χ1) is 7.72. The molecule has 3 N–H and O–H groups in total. The Morgan fingerprint density at radius 2 is 2.44 bits per heavy atom. The summed E-state index contributed by atoms with van der Waals surface area (Å²) in [5.41, 5.74) is 6.03. The lowest BCUT2D eigenvalue weighted by Gasteiger charge is -2.05. The van der Waals surface area contributed by atoms with Gasteiger partial charge >= 0.3 is 5.97 Å². The molecule has 1 aliphatic carbocycles. The molecule has 0 unspecified atom stereocenters. The summed E-state index contributed by atoms with van der Waals surface area (Å²) in [5.74, 6) is 0.590. The van der Waals surface area contributed by atoms with E-state index in [0.717, 1.165) is 17.5 Å². The van der Waals surface area contributed by atoms with Gasteiger partial charge in [0.05, 0.1) is 6.61 Å². The van der Waals surface area contributed by atoms with E-state index in [1.54, 1.807) is 6.92 Å². The maximum absolute atomic E-state index is 11.6. The average Bonchev–Trinajstić information content (AvgIpc) is 3.00. The van der Waals surface area contributed by atoms with Crippen LogP contribution in [0.5, 0.6) is 0 Å². The highest BCUT2D eigenvalue weighted by Gasteiger charge is 2.24. The van der Waals surface area contributed by atoms with Gasteiger partial charge in [-0.05, 0) is 37.2 Å². The highest BCUT2D eigenvalue weighted by molar-refractivity contribution is 7.11. The topological polar surface area (TPSA) is 77.2 Å². The van der Waals surface area contributed by atoms with E-state index in [1.807, 2.05) is 0 Å². The molecule has 5 nitrogen and oxygen atoms in total. The molecule has 0 bridgehead atoms. The Morgan fingerprint density at radius 3 is 3.06 bits per heavy atom. The Bertz CT molecular complexity index is 387. The van der Waals surface area contributed by atoms with Gasteiger partial charge in [0.15, 0.2) is 5.82 Å². The number of rotatable bonds is 5. The van der Waals surface area contributed by atoms with Crippen LogP contribution < -0.4 is 11.1 Å². The molecule has 16 heavy (non-hydrogen) atoms. The van der Waals surface area contributed by atoms with Crippen LogP contribution in [-0.2, 0) is 4.74 Å². The lowest BCUT2D eigenvalue weighted by atomic mass is 10.3. The third-order valence-electron chi connectivity index (χ3n) is 2.45. The zero-order chi connectivity index (χ0) is 11.5. The van der Waals surface area contributed by atoms with E-state index in [-0.39, 0.29) is 5.82 Å². The maximum atomic E-state index is 11.6. The fourth-order valence-electron chi connectivity index (χ4n) is 1.38. The first-order valence-corrected chi connectivity index (χ1v) is 6.15. The van der Waals surface area contributed by atoms with Gasteiger partial charge in [-0.3, -0.25) is 0 Å². The molecule has 1 aliphatic rings. The monoisotopic (exact) mass is 241 g/mol. The predicted molar refractivity (Wildman–Crippen MR) is 63.7 cm³/mol. The third-order valence-corrected chi connectivity index (χ3v) is 3.27. The van der Waals surface area contributed by atoms with Crippen molar-refractivity contribution in [3.63, 3.8) is 0 Å². The molecular weight excluding hydrogens is 226 g/mol. The fourth-order valence-corrected chi connectivity index (χ4v) is 2.09. The zero-order valence-electron chi connectivity index (χ0n) is 9.16. The highest BCUT2D eigenvalue weighted by atomic mass is 32.1. The number of hydrogen-bond acceptors (Lipinski definition) is 6. The molecule has 0 saturated heterocycles. The number of esters is 1. The van der Waals surface area contributed by atoms with Crippen LogP contribution in [0.4, 0.5) is 10.8 Å². The van der Waals surface area contributed by atoms with Gasteiger partial charge in [0, 0.05) is 6.54 Å². The van der Waals surface area contributed by atoms with Crippen LogP contribution in [0.15, 0.2) is 0 Å². The van der Waals surface area contributed by atoms with Crippen molar-refractivity contribution in [2.45, 2.75) is 19.8 Å². The predicted octanol–water partition coefficient (Wildman–Crippen LogP) is 1.72. The van der Waals surface area contributed by atoms with Gasteiger partial charge in [0.1, 0.15) is 10.6 Å². The van der Waals surface area contributed by atoms with Crippen LogP contribution in [0.25, 0.3) is 0 Å². The standard InChI is InChI=1S/C10H15N3O2S/c1-2-15-10(14)7-8(11)13-16-9(7)12-5-6-3-4-6/h6,12H,2-5H2,1H3,(H2,11,13). The minimum absolute atomic E-state index is 0.252. The van der Waals surface area contributed by atoms with Crippen molar-refractivity contribution < 1.29 is 9.53 Å². The van der Waals surface area contributed by atoms with E-state index in [9.17, 15) is 4.79 Å². The second kappa shape index (κ2) is 4.69. The number of aromatic nitrogens is 1. The molecular formula is C10H15N3O2S. The second-order valence-corrected chi connectivity index (χ2v) is 4.59. The number of nitrogen functional groups attached to an aromatic ring is 1. The van der Waals surface area contributed by atoms with E-state index < -0.39 is 5.97 Å². The summed E-state index contributed by atoms with van der Waals surface area (Å²) in [5, 5.41) is 3.94. The number of nitrogens with zero attached hydrogens (tertiary/aromatic N) is 1. The number of carbonyl (C=O) groups excluding carboxylic acids is 1. The normalized spacial score (nSPS) is 14.8. The summed E-state index contributed by atoms with van der Waals surface area (Å²) < 4.78 is 8.91. The van der Waals surface area contributed by atoms with Gasteiger partial charge in [-0.15, -0.1) is 0 Å². The minimum Gasteiger partial charge on any atom is -0.462 e. The van der Waals surface area contributed by atoms with Crippen LogP contribution in [0, 0.1) is 5.92 Å². The number of anilines is 2. The molecule has 0 aliphatic heterocycles. The first-order valence-electron chi connectivity index (χ1n) is 5.38. The largest absolute Gasteiger partial charge is 0.462 e. The molecule has 1 aromatic rings. The number of carbonyl (C=O) groups is 1. The number of nitrogens with two attached hydrogens (primary N) is 1. The van der Waals surface area contributed by atoms with Gasteiger partial charge in [0.2, 0.25) is 0 Å². The van der Waals surface area contributed by atoms with Crippen molar-refractivity contribution in [3.05, 3.63) is 5.56 Å². The van der Waals surface area contributed by atoms with Gasteiger partial charge in [-0.1, -0.05) is 0 Å². The van der Waals surface area contributed by atoms with Gasteiger partial charge in [-0.25, -0.2) is 4.79 Å². The van der Waals surface area contributed by atoms with E-state index in [2.05, 4.69) is 9.69 Å². The molecule has 1 heterocycles. The Labute approximate surface area is 98.1 Å². The van der Waals surface area contributed by atoms with E-state index in [1.165, 1.54) is 24.4 Å². The highest BCUT2D eigenvalue weighted by Crippen LogP contribution is 2.32. The summed E-state index contributed by atoms with van der Waals surface area (Å²) in [7, 11) is 0. The molecule has 2 rings (SSSR count). The van der Waals surface area contributed by atoms with Crippen LogP contribution in [0.3, 0.4) is 0 Å². The van der Waals surface area contributed by atoms with E-state index >= 15 is 0 Å². The van der Waals surface area contributed by atoms with Crippen molar-refractivity contribution >= 4 is 28.3 Å². The lowest BCUT2D eigenvalue weighted by molar-refractivity contribution is 0.0529. The molecule has 6 heteroatoms. The number of hydrogen-bond donors (Lipinski definition) is 2. The van der Waals surface area contributed by atoms with Gasteiger partial charge < -0.3 is 15.8 Å². The lowest BCUT2D eigenvalue weighted by Crippen LogP contribution is -2.11. The fraction of sp³-hybridized carbons (Fsp3) is 0.600. The van der Waals surface area contributed by atoms with E-state index in [0.29, 0.717) is 12.2 Å². The molecule has 0 radical (unpaired) electrons. The van der Waals surface area contributed by atoms with Crippen molar-refractivity contribution in [1.82, 2.24) is 4.37 Å². The second-order valence-electron chi connectivity index (χ2n) is 3.82.